The summed E-state index contributed by atoms with van der Waals surface area (Å²) in [4.78, 5) is 28.5. The average molecular weight is 434 g/mol. The molecule has 1 aliphatic heterocycles. The number of Topliss-reactive ketones (excluding diaryl/α,β-unsaturated/α-hetero) is 1. The number of hydrogen-bond acceptors (Lipinski definition) is 9. The second-order valence-corrected chi connectivity index (χ2v) is 7.88. The fraction of sp³-hybridized carbons (Fsp3) is 0.304. The van der Waals surface area contributed by atoms with Gasteiger partial charge in [-0.1, -0.05) is 0 Å². The van der Waals surface area contributed by atoms with Crippen LogP contribution in [0.5, 0.6) is 5.88 Å². The lowest BCUT2D eigenvalue weighted by Crippen LogP contribution is -2.43. The van der Waals surface area contributed by atoms with E-state index in [2.05, 4.69) is 19.9 Å². The van der Waals surface area contributed by atoms with E-state index in [-0.39, 0.29) is 23.9 Å². The summed E-state index contributed by atoms with van der Waals surface area (Å²) in [5, 5.41) is 0. The van der Waals surface area contributed by atoms with Crippen LogP contribution in [-0.2, 0) is 6.42 Å². The molecule has 166 valence electrons. The van der Waals surface area contributed by atoms with E-state index in [0.717, 1.165) is 37.2 Å². The first-order valence-electron chi connectivity index (χ1n) is 10.5. The average Bonchev–Trinajstić information content (AvgIpc) is 2.80. The number of ketones is 1. The molecular weight excluding hydrogens is 406 g/mol. The fourth-order valence-electron chi connectivity index (χ4n) is 3.94. The van der Waals surface area contributed by atoms with Gasteiger partial charge in [0.15, 0.2) is 5.78 Å². The number of hydrogen-bond donors (Lipinski definition) is 3. The van der Waals surface area contributed by atoms with E-state index in [1.807, 2.05) is 6.07 Å². The number of carbonyl (C=O) groups excluding carboxylic acids is 1. The Morgan fingerprint density at radius 2 is 1.88 bits per heavy atom. The molecule has 4 heterocycles. The van der Waals surface area contributed by atoms with Crippen LogP contribution in [0.2, 0.25) is 0 Å². The van der Waals surface area contributed by atoms with Crippen LogP contribution in [-0.4, -0.2) is 47.0 Å². The maximum Gasteiger partial charge on any atom is 0.237 e. The number of methoxy groups -OCH3 is 1. The molecule has 3 aromatic rings. The topological polar surface area (TPSA) is 146 Å². The summed E-state index contributed by atoms with van der Waals surface area (Å²) in [6, 6.07) is 8.84. The van der Waals surface area contributed by atoms with Crippen LogP contribution >= 0.6 is 0 Å². The molecule has 1 atom stereocenters. The minimum Gasteiger partial charge on any atom is -0.480 e. The molecule has 0 unspecified atom stereocenters. The van der Waals surface area contributed by atoms with Crippen LogP contribution in [0.3, 0.4) is 0 Å². The first-order valence-corrected chi connectivity index (χ1v) is 10.5. The van der Waals surface area contributed by atoms with Gasteiger partial charge in [-0.05, 0) is 43.2 Å². The number of carbonyl (C=O) groups is 1. The van der Waals surface area contributed by atoms with Crippen LogP contribution < -0.4 is 26.8 Å². The number of pyridine rings is 3. The summed E-state index contributed by atoms with van der Waals surface area (Å²) in [6.45, 7) is 1.66. The molecule has 9 heteroatoms. The molecule has 0 aromatic carbocycles. The Balaban J connectivity index is 1.62. The van der Waals surface area contributed by atoms with Gasteiger partial charge in [0, 0.05) is 49.2 Å². The highest BCUT2D eigenvalue weighted by atomic mass is 16.5. The molecule has 6 N–H and O–H groups in total. The highest BCUT2D eigenvalue weighted by Crippen LogP contribution is 2.27. The van der Waals surface area contributed by atoms with Gasteiger partial charge >= 0.3 is 0 Å². The van der Waals surface area contributed by atoms with Crippen molar-refractivity contribution < 1.29 is 9.53 Å². The molecule has 0 spiro atoms. The van der Waals surface area contributed by atoms with Crippen molar-refractivity contribution in [3.8, 4) is 17.3 Å². The highest BCUT2D eigenvalue weighted by Gasteiger charge is 2.22. The Hall–Kier alpha value is -3.72. The fourth-order valence-corrected chi connectivity index (χ4v) is 3.94. The molecule has 0 amide bonds. The third-order valence-electron chi connectivity index (χ3n) is 5.56. The van der Waals surface area contributed by atoms with Crippen molar-refractivity contribution in [1.82, 2.24) is 15.0 Å². The minimum absolute atomic E-state index is 0.124. The minimum atomic E-state index is -0.192. The Bertz CT molecular complexity index is 1140. The van der Waals surface area contributed by atoms with Crippen molar-refractivity contribution in [1.29, 1.82) is 0 Å². The Labute approximate surface area is 186 Å². The van der Waals surface area contributed by atoms with Gasteiger partial charge in [-0.3, -0.25) is 9.78 Å². The van der Waals surface area contributed by atoms with E-state index in [4.69, 9.17) is 21.9 Å². The second-order valence-electron chi connectivity index (χ2n) is 7.88. The van der Waals surface area contributed by atoms with Gasteiger partial charge in [0.1, 0.15) is 5.69 Å². The van der Waals surface area contributed by atoms with Crippen LogP contribution in [0.1, 0.15) is 28.9 Å². The van der Waals surface area contributed by atoms with E-state index in [1.54, 1.807) is 36.7 Å². The molecule has 0 aliphatic carbocycles. The zero-order chi connectivity index (χ0) is 22.7. The Kier molecular flexibility index (Phi) is 6.18. The van der Waals surface area contributed by atoms with Gasteiger partial charge in [-0.25, -0.2) is 9.97 Å². The number of anilines is 3. The molecule has 32 heavy (non-hydrogen) atoms. The third kappa shape index (κ3) is 4.47. The molecule has 0 bridgehead atoms. The molecule has 9 nitrogen and oxygen atoms in total. The Morgan fingerprint density at radius 1 is 1.12 bits per heavy atom. The Morgan fingerprint density at radius 3 is 2.62 bits per heavy atom. The number of nitrogens with two attached hydrogens (primary N) is 3. The second kappa shape index (κ2) is 9.19. The lowest BCUT2D eigenvalue weighted by Gasteiger charge is -2.33. The summed E-state index contributed by atoms with van der Waals surface area (Å²) in [6.07, 6.45) is 5.61. The largest absolute Gasteiger partial charge is 0.480 e. The lowest BCUT2D eigenvalue weighted by atomic mass is 10.0. The van der Waals surface area contributed by atoms with Crippen LogP contribution in [0, 0.1) is 0 Å². The molecule has 1 saturated heterocycles. The van der Waals surface area contributed by atoms with E-state index in [0.29, 0.717) is 28.6 Å². The van der Waals surface area contributed by atoms with Crippen LogP contribution in [0.4, 0.5) is 17.1 Å². The van der Waals surface area contributed by atoms with Crippen molar-refractivity contribution in [2.24, 2.45) is 5.73 Å². The predicted octanol–water partition coefficient (Wildman–Crippen LogP) is 2.06. The normalized spacial score (nSPS) is 16.1. The first kappa shape index (κ1) is 21.5. The SMILES string of the molecule is COc1nc(-c2ccc(N)c(C(=O)Cc3cnccc3N3CCC[C@H](N)C3)n2)ccc1N. The van der Waals surface area contributed by atoms with Crippen molar-refractivity contribution in [3.05, 3.63) is 54.0 Å². The molecular formula is C23H27N7O2. The van der Waals surface area contributed by atoms with Crippen LogP contribution in [0.15, 0.2) is 42.7 Å². The monoisotopic (exact) mass is 433 g/mol. The summed E-state index contributed by atoms with van der Waals surface area (Å²) in [7, 11) is 1.49. The molecule has 0 saturated carbocycles. The smallest absolute Gasteiger partial charge is 0.237 e. The zero-order valence-corrected chi connectivity index (χ0v) is 18.0. The van der Waals surface area contributed by atoms with Gasteiger partial charge in [0.2, 0.25) is 5.88 Å². The van der Waals surface area contributed by atoms with Gasteiger partial charge in [-0.15, -0.1) is 0 Å². The third-order valence-corrected chi connectivity index (χ3v) is 5.56. The van der Waals surface area contributed by atoms with E-state index in [1.165, 1.54) is 7.11 Å². The number of rotatable bonds is 6. The van der Waals surface area contributed by atoms with Crippen LogP contribution in [0.25, 0.3) is 11.4 Å². The molecule has 1 fully saturated rings. The van der Waals surface area contributed by atoms with Crippen molar-refractivity contribution in [3.63, 3.8) is 0 Å². The van der Waals surface area contributed by atoms with Gasteiger partial charge in [-0.2, -0.15) is 0 Å². The quantitative estimate of drug-likeness (QED) is 0.497. The molecule has 1 aliphatic rings. The van der Waals surface area contributed by atoms with Crippen molar-refractivity contribution >= 4 is 22.8 Å². The summed E-state index contributed by atoms with van der Waals surface area (Å²) < 4.78 is 5.19. The van der Waals surface area contributed by atoms with Gasteiger partial charge in [0.25, 0.3) is 0 Å². The summed E-state index contributed by atoms with van der Waals surface area (Å²) >= 11 is 0. The van der Waals surface area contributed by atoms with E-state index >= 15 is 0 Å². The van der Waals surface area contributed by atoms with Crippen molar-refractivity contribution in [2.75, 3.05) is 36.6 Å². The first-order chi connectivity index (χ1) is 15.5. The van der Waals surface area contributed by atoms with Crippen molar-refractivity contribution in [2.45, 2.75) is 25.3 Å². The number of aromatic nitrogens is 3. The highest BCUT2D eigenvalue weighted by molar-refractivity contribution is 6.01. The van der Waals surface area contributed by atoms with Gasteiger partial charge in [0.05, 0.1) is 29.9 Å². The maximum atomic E-state index is 13.2. The number of nitrogens with zero attached hydrogens (tertiary/aromatic N) is 4. The standard InChI is InChI=1S/C23H27N7O2/c1-32-23-17(26)5-7-19(29-23)18-6-4-16(25)22(28-18)21(31)11-14-12-27-9-8-20(14)30-10-2-3-15(24)13-30/h4-9,12,15H,2-3,10-11,13,24-26H2,1H3/t15-/m0/s1. The summed E-state index contributed by atoms with van der Waals surface area (Å²) in [5.74, 6) is 0.107. The summed E-state index contributed by atoms with van der Waals surface area (Å²) in [5.41, 5.74) is 21.9. The molecule has 4 rings (SSSR count). The predicted molar refractivity (Wildman–Crippen MR) is 125 cm³/mol. The molecule has 3 aromatic heterocycles. The molecule has 0 radical (unpaired) electrons. The maximum absolute atomic E-state index is 13.2. The van der Waals surface area contributed by atoms with Gasteiger partial charge < -0.3 is 26.8 Å². The lowest BCUT2D eigenvalue weighted by molar-refractivity contribution is 0.0989. The van der Waals surface area contributed by atoms with E-state index < -0.39 is 0 Å². The number of ether oxygens (including phenoxy) is 1. The van der Waals surface area contributed by atoms with E-state index in [9.17, 15) is 4.79 Å². The number of piperidine rings is 1. The zero-order valence-electron chi connectivity index (χ0n) is 18.0. The number of nitrogen functional groups attached to an aromatic ring is 2.